The Balaban J connectivity index is 2.57. The molecule has 2 heteroatoms. The average Bonchev–Trinajstić information content (AvgIpc) is 2.40. The minimum absolute atomic E-state index is 0.119. The summed E-state index contributed by atoms with van der Waals surface area (Å²) >= 11 is 0. The minimum Gasteiger partial charge on any atom is -0.372 e. The first kappa shape index (κ1) is 18.2. The lowest BCUT2D eigenvalue weighted by Gasteiger charge is -2.26. The van der Waals surface area contributed by atoms with E-state index in [4.69, 9.17) is 4.74 Å². The number of aryl methyl sites for hydroxylation is 1. The Morgan fingerprint density at radius 2 is 1.90 bits per heavy atom. The molecule has 2 nitrogen and oxygen atoms in total. The van der Waals surface area contributed by atoms with Gasteiger partial charge >= 0.3 is 0 Å². The highest BCUT2D eigenvalue weighted by atomic mass is 16.5. The average molecular weight is 291 g/mol. The second kappa shape index (κ2) is 9.22. The predicted molar refractivity (Wildman–Crippen MR) is 91.8 cm³/mol. The first-order valence-electron chi connectivity index (χ1n) is 8.35. The van der Waals surface area contributed by atoms with Gasteiger partial charge in [0.2, 0.25) is 0 Å². The largest absolute Gasteiger partial charge is 0.372 e. The van der Waals surface area contributed by atoms with E-state index < -0.39 is 0 Å². The SMILES string of the molecule is CCCCCCOC(CNC(C)(C)C)c1cccc(C)c1. The van der Waals surface area contributed by atoms with E-state index in [2.05, 4.69) is 64.2 Å². The summed E-state index contributed by atoms with van der Waals surface area (Å²) in [7, 11) is 0. The first-order chi connectivity index (χ1) is 9.92. The quantitative estimate of drug-likeness (QED) is 0.645. The van der Waals surface area contributed by atoms with Crippen molar-refractivity contribution in [2.45, 2.75) is 71.9 Å². The molecule has 1 aromatic rings. The highest BCUT2D eigenvalue weighted by Crippen LogP contribution is 2.19. The lowest BCUT2D eigenvalue weighted by molar-refractivity contribution is 0.0456. The van der Waals surface area contributed by atoms with E-state index in [9.17, 15) is 0 Å². The summed E-state index contributed by atoms with van der Waals surface area (Å²) in [5.41, 5.74) is 2.69. The summed E-state index contributed by atoms with van der Waals surface area (Å²) in [5.74, 6) is 0. The number of hydrogen-bond acceptors (Lipinski definition) is 2. The fourth-order valence-electron chi connectivity index (χ4n) is 2.30. The fourth-order valence-corrected chi connectivity index (χ4v) is 2.30. The highest BCUT2D eigenvalue weighted by molar-refractivity contribution is 5.24. The zero-order valence-corrected chi connectivity index (χ0v) is 14.5. The van der Waals surface area contributed by atoms with Crippen LogP contribution in [0.2, 0.25) is 0 Å². The van der Waals surface area contributed by atoms with Crippen LogP contribution in [0.5, 0.6) is 0 Å². The lowest BCUT2D eigenvalue weighted by atomic mass is 10.0. The van der Waals surface area contributed by atoms with Crippen molar-refractivity contribution in [2.24, 2.45) is 0 Å². The molecule has 0 saturated carbocycles. The summed E-state index contributed by atoms with van der Waals surface area (Å²) in [6, 6.07) is 8.67. The summed E-state index contributed by atoms with van der Waals surface area (Å²) in [6.07, 6.45) is 5.15. The maximum atomic E-state index is 6.16. The number of hydrogen-bond donors (Lipinski definition) is 1. The van der Waals surface area contributed by atoms with Crippen LogP contribution < -0.4 is 5.32 Å². The van der Waals surface area contributed by atoms with Crippen molar-refractivity contribution >= 4 is 0 Å². The van der Waals surface area contributed by atoms with Crippen LogP contribution in [0.4, 0.5) is 0 Å². The number of benzene rings is 1. The molecule has 0 aliphatic rings. The molecule has 1 atom stereocenters. The fraction of sp³-hybridized carbons (Fsp3) is 0.684. The minimum atomic E-state index is 0.119. The molecule has 21 heavy (non-hydrogen) atoms. The molecule has 0 saturated heterocycles. The molecule has 0 bridgehead atoms. The van der Waals surface area contributed by atoms with Crippen molar-refractivity contribution in [3.63, 3.8) is 0 Å². The molecule has 120 valence electrons. The monoisotopic (exact) mass is 291 g/mol. The van der Waals surface area contributed by atoms with Crippen LogP contribution >= 0.6 is 0 Å². The molecule has 0 aromatic heterocycles. The molecule has 0 fully saturated rings. The van der Waals surface area contributed by atoms with Crippen molar-refractivity contribution in [3.8, 4) is 0 Å². The molecular formula is C19H33NO. The van der Waals surface area contributed by atoms with Crippen molar-refractivity contribution in [3.05, 3.63) is 35.4 Å². The van der Waals surface area contributed by atoms with Crippen LogP contribution in [0.15, 0.2) is 24.3 Å². The summed E-state index contributed by atoms with van der Waals surface area (Å²) in [5, 5.41) is 3.57. The zero-order chi connectivity index (χ0) is 15.7. The number of unbranched alkanes of at least 4 members (excludes halogenated alkanes) is 3. The molecule has 1 rings (SSSR count). The summed E-state index contributed by atoms with van der Waals surface area (Å²) in [6.45, 7) is 12.7. The van der Waals surface area contributed by atoms with Gasteiger partial charge in [-0.25, -0.2) is 0 Å². The van der Waals surface area contributed by atoms with E-state index in [1.807, 2.05) is 0 Å². The Labute approximate surface area is 131 Å². The van der Waals surface area contributed by atoms with Crippen LogP contribution in [-0.4, -0.2) is 18.7 Å². The number of rotatable bonds is 9. The van der Waals surface area contributed by atoms with Gasteiger partial charge in [-0.15, -0.1) is 0 Å². The maximum Gasteiger partial charge on any atom is 0.0949 e. The Morgan fingerprint density at radius 3 is 2.52 bits per heavy atom. The Kier molecular flexibility index (Phi) is 7.98. The van der Waals surface area contributed by atoms with Crippen molar-refractivity contribution in [2.75, 3.05) is 13.2 Å². The molecule has 1 unspecified atom stereocenters. The molecule has 1 N–H and O–H groups in total. The van der Waals surface area contributed by atoms with Gasteiger partial charge in [-0.3, -0.25) is 0 Å². The maximum absolute atomic E-state index is 6.16. The van der Waals surface area contributed by atoms with E-state index >= 15 is 0 Å². The molecule has 0 aliphatic carbocycles. The van der Waals surface area contributed by atoms with Gasteiger partial charge in [-0.1, -0.05) is 56.0 Å². The molecule has 0 aliphatic heterocycles. The van der Waals surface area contributed by atoms with Crippen molar-refractivity contribution < 1.29 is 4.74 Å². The van der Waals surface area contributed by atoms with Crippen molar-refractivity contribution in [1.82, 2.24) is 5.32 Å². The standard InChI is InChI=1S/C19H33NO/c1-6-7-8-9-13-21-18(15-20-19(3,4)5)17-12-10-11-16(2)14-17/h10-12,14,18,20H,6-9,13,15H2,1-5H3. The number of ether oxygens (including phenoxy) is 1. The van der Waals surface area contributed by atoms with Gasteiger partial charge in [-0.05, 0) is 39.7 Å². The molecule has 0 heterocycles. The zero-order valence-electron chi connectivity index (χ0n) is 14.5. The smallest absolute Gasteiger partial charge is 0.0949 e. The molecule has 0 spiro atoms. The third-order valence-corrected chi connectivity index (χ3v) is 3.55. The Morgan fingerprint density at radius 1 is 1.14 bits per heavy atom. The molecule has 1 aromatic carbocycles. The lowest BCUT2D eigenvalue weighted by Crippen LogP contribution is -2.39. The van der Waals surface area contributed by atoms with Crippen LogP contribution in [-0.2, 0) is 4.74 Å². The Bertz CT molecular complexity index is 395. The van der Waals surface area contributed by atoms with Gasteiger partial charge in [-0.2, -0.15) is 0 Å². The normalized spacial score (nSPS) is 13.4. The van der Waals surface area contributed by atoms with Crippen LogP contribution in [0.3, 0.4) is 0 Å². The highest BCUT2D eigenvalue weighted by Gasteiger charge is 2.16. The third kappa shape index (κ3) is 8.23. The van der Waals surface area contributed by atoms with Gasteiger partial charge in [0.15, 0.2) is 0 Å². The van der Waals surface area contributed by atoms with E-state index in [-0.39, 0.29) is 11.6 Å². The Hall–Kier alpha value is -0.860. The summed E-state index contributed by atoms with van der Waals surface area (Å²) in [4.78, 5) is 0. The third-order valence-electron chi connectivity index (χ3n) is 3.55. The van der Waals surface area contributed by atoms with Crippen molar-refractivity contribution in [1.29, 1.82) is 0 Å². The second-order valence-corrected chi connectivity index (χ2v) is 6.97. The van der Waals surface area contributed by atoms with Gasteiger partial charge < -0.3 is 10.1 Å². The van der Waals surface area contributed by atoms with Crippen LogP contribution in [0.1, 0.15) is 70.6 Å². The predicted octanol–water partition coefficient (Wildman–Crippen LogP) is 5.02. The van der Waals surface area contributed by atoms with E-state index in [1.165, 1.54) is 30.4 Å². The van der Waals surface area contributed by atoms with Crippen LogP contribution in [0, 0.1) is 6.92 Å². The second-order valence-electron chi connectivity index (χ2n) is 6.97. The van der Waals surface area contributed by atoms with Gasteiger partial charge in [0.1, 0.15) is 0 Å². The topological polar surface area (TPSA) is 21.3 Å². The molecular weight excluding hydrogens is 258 g/mol. The van der Waals surface area contributed by atoms with Crippen LogP contribution in [0.25, 0.3) is 0 Å². The van der Waals surface area contributed by atoms with E-state index in [0.717, 1.165) is 19.6 Å². The number of nitrogens with one attached hydrogen (secondary N) is 1. The van der Waals surface area contributed by atoms with E-state index in [0.29, 0.717) is 0 Å². The molecule has 0 amide bonds. The van der Waals surface area contributed by atoms with E-state index in [1.54, 1.807) is 0 Å². The van der Waals surface area contributed by atoms with Gasteiger partial charge in [0, 0.05) is 18.7 Å². The summed E-state index contributed by atoms with van der Waals surface area (Å²) < 4.78 is 6.16. The molecule has 0 radical (unpaired) electrons. The van der Waals surface area contributed by atoms with Gasteiger partial charge in [0.05, 0.1) is 6.10 Å². The first-order valence-corrected chi connectivity index (χ1v) is 8.35. The van der Waals surface area contributed by atoms with Gasteiger partial charge in [0.25, 0.3) is 0 Å².